The number of benzene rings is 1. The van der Waals surface area contributed by atoms with E-state index in [-0.39, 0.29) is 5.91 Å². The summed E-state index contributed by atoms with van der Waals surface area (Å²) in [5.74, 6) is 0.842. The smallest absolute Gasteiger partial charge is 0.270 e. The minimum Gasteiger partial charge on any atom is -0.496 e. The van der Waals surface area contributed by atoms with E-state index in [4.69, 9.17) is 9.15 Å². The van der Waals surface area contributed by atoms with Gasteiger partial charge in [0.25, 0.3) is 5.91 Å². The molecule has 0 bridgehead atoms. The second-order valence-electron chi connectivity index (χ2n) is 6.72. The van der Waals surface area contributed by atoms with Crippen LogP contribution in [0.3, 0.4) is 0 Å². The van der Waals surface area contributed by atoms with Gasteiger partial charge in [0.15, 0.2) is 0 Å². The van der Waals surface area contributed by atoms with E-state index in [2.05, 4.69) is 12.2 Å². The van der Waals surface area contributed by atoms with Crippen molar-refractivity contribution in [1.82, 2.24) is 14.8 Å². The summed E-state index contributed by atoms with van der Waals surface area (Å²) in [4.78, 5) is 15.1. The molecular weight excluding hydrogens is 330 g/mol. The zero-order valence-electron chi connectivity index (χ0n) is 15.1. The second kappa shape index (κ2) is 6.88. The molecular formula is C20H23N3O3. The lowest BCUT2D eigenvalue weighted by Crippen LogP contribution is -2.51. The average molecular weight is 353 g/mol. The Morgan fingerprint density at radius 1 is 1.35 bits per heavy atom. The fraction of sp³-hybridized carbons (Fsp3) is 0.350. The molecule has 4 rings (SSSR count). The fourth-order valence-electron chi connectivity index (χ4n) is 3.59. The summed E-state index contributed by atoms with van der Waals surface area (Å²) < 4.78 is 13.1. The number of piperazine rings is 1. The highest BCUT2D eigenvalue weighted by molar-refractivity contribution is 5.97. The molecule has 3 heterocycles. The van der Waals surface area contributed by atoms with Crippen molar-refractivity contribution in [3.05, 3.63) is 53.9 Å². The monoisotopic (exact) mass is 353 g/mol. The van der Waals surface area contributed by atoms with E-state index < -0.39 is 0 Å². The molecule has 6 heteroatoms. The topological polar surface area (TPSA) is 59.6 Å². The van der Waals surface area contributed by atoms with Crippen molar-refractivity contribution in [2.24, 2.45) is 0 Å². The average Bonchev–Trinajstić information content (AvgIpc) is 3.24. The first kappa shape index (κ1) is 16.7. The van der Waals surface area contributed by atoms with Crippen LogP contribution in [-0.4, -0.2) is 48.2 Å². The number of aromatic nitrogens is 1. The summed E-state index contributed by atoms with van der Waals surface area (Å²) in [6, 6.07) is 12.0. The number of nitrogens with zero attached hydrogens (tertiary/aromatic N) is 2. The molecule has 0 aliphatic carbocycles. The standard InChI is InChI=1S/C20H23N3O3/c1-14-12-22(9-8-21-14)19(24)17-11-15-7-10-26-20(15)23(17)13-16-5-3-4-6-18(16)25-2/h3-7,10-11,14,21H,8-9,12-13H2,1-2H3/t14-/m1/s1. The number of carbonyl (C=O) groups excluding carboxylic acids is 1. The van der Waals surface area contributed by atoms with Gasteiger partial charge in [-0.25, -0.2) is 0 Å². The molecule has 0 spiro atoms. The largest absolute Gasteiger partial charge is 0.496 e. The lowest BCUT2D eigenvalue weighted by Gasteiger charge is -2.32. The third-order valence-electron chi connectivity index (χ3n) is 4.90. The van der Waals surface area contributed by atoms with Crippen molar-refractivity contribution in [1.29, 1.82) is 0 Å². The van der Waals surface area contributed by atoms with E-state index in [1.807, 2.05) is 45.9 Å². The first-order chi connectivity index (χ1) is 12.7. The molecule has 136 valence electrons. The number of amides is 1. The van der Waals surface area contributed by atoms with Gasteiger partial charge in [-0.1, -0.05) is 18.2 Å². The van der Waals surface area contributed by atoms with E-state index in [0.717, 1.165) is 23.2 Å². The molecule has 1 saturated heterocycles. The lowest BCUT2D eigenvalue weighted by molar-refractivity contribution is 0.0698. The van der Waals surface area contributed by atoms with Gasteiger partial charge in [-0.15, -0.1) is 0 Å². The molecule has 26 heavy (non-hydrogen) atoms. The molecule has 1 aliphatic heterocycles. The van der Waals surface area contributed by atoms with Gasteiger partial charge in [-0.3, -0.25) is 4.79 Å². The predicted octanol–water partition coefficient (Wildman–Crippen LogP) is 2.73. The highest BCUT2D eigenvalue weighted by Crippen LogP contribution is 2.26. The third-order valence-corrected chi connectivity index (χ3v) is 4.90. The number of para-hydroxylation sites is 1. The maximum atomic E-state index is 13.2. The molecule has 1 aliphatic rings. The number of ether oxygens (including phenoxy) is 1. The van der Waals surface area contributed by atoms with Gasteiger partial charge in [0.1, 0.15) is 11.4 Å². The number of fused-ring (bicyclic) bond motifs is 1. The maximum absolute atomic E-state index is 13.2. The number of hydrogen-bond donors (Lipinski definition) is 1. The fourth-order valence-corrected chi connectivity index (χ4v) is 3.59. The Hall–Kier alpha value is -2.73. The van der Waals surface area contributed by atoms with E-state index >= 15 is 0 Å². The Balaban J connectivity index is 1.72. The first-order valence-electron chi connectivity index (χ1n) is 8.88. The number of furan rings is 1. The Labute approximate surface area is 152 Å². The minimum absolute atomic E-state index is 0.0413. The molecule has 0 radical (unpaired) electrons. The Morgan fingerprint density at radius 2 is 2.19 bits per heavy atom. The number of methoxy groups -OCH3 is 1. The van der Waals surface area contributed by atoms with Gasteiger partial charge in [-0.2, -0.15) is 0 Å². The Morgan fingerprint density at radius 3 is 3.00 bits per heavy atom. The third kappa shape index (κ3) is 2.97. The van der Waals surface area contributed by atoms with Crippen LogP contribution in [0.5, 0.6) is 5.75 Å². The van der Waals surface area contributed by atoms with Crippen molar-refractivity contribution in [3.63, 3.8) is 0 Å². The number of rotatable bonds is 4. The molecule has 3 aromatic rings. The predicted molar refractivity (Wildman–Crippen MR) is 99.7 cm³/mol. The SMILES string of the molecule is COc1ccccc1Cn1c(C(=O)N2CCN[C@H](C)C2)cc2ccoc21. The molecule has 1 amide bonds. The zero-order valence-corrected chi connectivity index (χ0v) is 15.1. The van der Waals surface area contributed by atoms with Crippen LogP contribution in [0.25, 0.3) is 11.1 Å². The minimum atomic E-state index is 0.0413. The maximum Gasteiger partial charge on any atom is 0.270 e. The summed E-state index contributed by atoms with van der Waals surface area (Å²) in [6.07, 6.45) is 1.66. The second-order valence-corrected chi connectivity index (χ2v) is 6.72. The molecule has 1 atom stereocenters. The molecule has 1 fully saturated rings. The van der Waals surface area contributed by atoms with Crippen LogP contribution in [0.15, 0.2) is 47.1 Å². The van der Waals surface area contributed by atoms with Crippen LogP contribution in [0, 0.1) is 0 Å². The molecule has 1 aromatic carbocycles. The lowest BCUT2D eigenvalue weighted by atomic mass is 10.2. The van der Waals surface area contributed by atoms with Gasteiger partial charge < -0.3 is 23.9 Å². The van der Waals surface area contributed by atoms with Gasteiger partial charge in [-0.05, 0) is 25.1 Å². The van der Waals surface area contributed by atoms with Crippen LogP contribution in [0.4, 0.5) is 0 Å². The van der Waals surface area contributed by atoms with Crippen molar-refractivity contribution in [2.45, 2.75) is 19.5 Å². The highest BCUT2D eigenvalue weighted by Gasteiger charge is 2.26. The molecule has 6 nitrogen and oxygen atoms in total. The van der Waals surface area contributed by atoms with E-state index in [1.165, 1.54) is 0 Å². The van der Waals surface area contributed by atoms with Crippen LogP contribution >= 0.6 is 0 Å². The van der Waals surface area contributed by atoms with Gasteiger partial charge >= 0.3 is 0 Å². The number of hydrogen-bond acceptors (Lipinski definition) is 4. The van der Waals surface area contributed by atoms with Gasteiger partial charge in [0, 0.05) is 36.6 Å². The van der Waals surface area contributed by atoms with Crippen molar-refractivity contribution >= 4 is 17.0 Å². The Kier molecular flexibility index (Phi) is 4.42. The van der Waals surface area contributed by atoms with Gasteiger partial charge in [0.2, 0.25) is 5.71 Å². The van der Waals surface area contributed by atoms with Crippen LogP contribution < -0.4 is 10.1 Å². The normalized spacial score (nSPS) is 17.6. The zero-order chi connectivity index (χ0) is 18.1. The van der Waals surface area contributed by atoms with Crippen LogP contribution in [0.2, 0.25) is 0 Å². The van der Waals surface area contributed by atoms with Gasteiger partial charge in [0.05, 0.1) is 19.9 Å². The molecule has 0 unspecified atom stereocenters. The summed E-state index contributed by atoms with van der Waals surface area (Å²) in [6.45, 7) is 4.85. The number of nitrogens with one attached hydrogen (secondary N) is 1. The number of carbonyl (C=O) groups is 1. The van der Waals surface area contributed by atoms with Crippen molar-refractivity contribution < 1.29 is 13.9 Å². The summed E-state index contributed by atoms with van der Waals surface area (Å²) >= 11 is 0. The van der Waals surface area contributed by atoms with Crippen LogP contribution in [0.1, 0.15) is 23.0 Å². The van der Waals surface area contributed by atoms with E-state index in [9.17, 15) is 4.79 Å². The molecule has 0 saturated carbocycles. The molecule has 2 aromatic heterocycles. The first-order valence-corrected chi connectivity index (χ1v) is 8.88. The van der Waals surface area contributed by atoms with Crippen molar-refractivity contribution in [3.8, 4) is 5.75 Å². The molecule has 1 N–H and O–H groups in total. The van der Waals surface area contributed by atoms with Crippen molar-refractivity contribution in [2.75, 3.05) is 26.7 Å². The van der Waals surface area contributed by atoms with E-state index in [1.54, 1.807) is 13.4 Å². The Bertz CT molecular complexity index is 927. The summed E-state index contributed by atoms with van der Waals surface area (Å²) in [5.41, 5.74) is 2.37. The van der Waals surface area contributed by atoms with E-state index in [0.29, 0.717) is 37.1 Å². The quantitative estimate of drug-likeness (QED) is 0.783. The summed E-state index contributed by atoms with van der Waals surface area (Å²) in [5, 5.41) is 4.31. The van der Waals surface area contributed by atoms with Crippen LogP contribution in [-0.2, 0) is 6.54 Å². The highest BCUT2D eigenvalue weighted by atomic mass is 16.5. The summed E-state index contributed by atoms with van der Waals surface area (Å²) in [7, 11) is 1.66.